The third-order valence-corrected chi connectivity index (χ3v) is 6.75. The third-order valence-electron chi connectivity index (χ3n) is 5.43. The van der Waals surface area contributed by atoms with Crippen LogP contribution >= 0.6 is 27.3 Å². The molecular formula is C25H20BrFN4O2S. The van der Waals surface area contributed by atoms with Gasteiger partial charge in [-0.1, -0.05) is 30.3 Å². The van der Waals surface area contributed by atoms with E-state index in [1.807, 2.05) is 46.3 Å². The fourth-order valence-electron chi connectivity index (χ4n) is 3.71. The van der Waals surface area contributed by atoms with Gasteiger partial charge in [0.1, 0.15) is 40.2 Å². The summed E-state index contributed by atoms with van der Waals surface area (Å²) in [5, 5.41) is 27.9. The Morgan fingerprint density at radius 2 is 1.74 bits per heavy atom. The van der Waals surface area contributed by atoms with Crippen LogP contribution in [-0.2, 0) is 6.54 Å². The molecule has 9 heteroatoms. The van der Waals surface area contributed by atoms with Crippen LogP contribution in [0.5, 0.6) is 0 Å². The maximum absolute atomic E-state index is 13.2. The number of nitrogens with one attached hydrogen (secondary N) is 1. The Labute approximate surface area is 207 Å². The molecule has 0 bridgehead atoms. The molecule has 0 aliphatic carbocycles. The van der Waals surface area contributed by atoms with E-state index in [9.17, 15) is 14.6 Å². The van der Waals surface area contributed by atoms with Crippen molar-refractivity contribution in [1.29, 1.82) is 0 Å². The summed E-state index contributed by atoms with van der Waals surface area (Å²) in [4.78, 5) is 9.24. The Balaban J connectivity index is 1.44. The van der Waals surface area contributed by atoms with E-state index in [0.29, 0.717) is 29.3 Å². The summed E-state index contributed by atoms with van der Waals surface area (Å²) in [6.07, 6.45) is -0.531. The van der Waals surface area contributed by atoms with Gasteiger partial charge in [-0.25, -0.2) is 14.4 Å². The summed E-state index contributed by atoms with van der Waals surface area (Å²) in [6.45, 7) is 0.382. The molecule has 3 N–H and O–H groups in total. The molecule has 3 heterocycles. The van der Waals surface area contributed by atoms with Crippen LogP contribution in [0.15, 0.2) is 82.8 Å². The first-order valence-corrected chi connectivity index (χ1v) is 12.2. The molecule has 3 aromatic heterocycles. The Morgan fingerprint density at radius 3 is 2.50 bits per heavy atom. The molecule has 172 valence electrons. The summed E-state index contributed by atoms with van der Waals surface area (Å²) in [7, 11) is 0. The number of aliphatic hydroxyl groups excluding tert-OH is 2. The predicted molar refractivity (Wildman–Crippen MR) is 134 cm³/mol. The standard InChI is InChI=1S/C25H20BrFN4O2S/c26-17-8-11-20-30-22(24(33)23(32)16-4-2-1-3-5-16)25(31(20)13-17)28-12-21-29-19(14-34-21)15-6-9-18(27)10-7-15/h1-11,13-14,23-24,28,32-33H,12H2. The average Bonchev–Trinajstić information content (AvgIpc) is 3.47. The average molecular weight is 539 g/mol. The molecule has 0 amide bonds. The zero-order chi connectivity index (χ0) is 23.7. The third kappa shape index (κ3) is 4.60. The number of hydrogen-bond donors (Lipinski definition) is 3. The number of nitrogens with zero attached hydrogens (tertiary/aromatic N) is 3. The van der Waals surface area contributed by atoms with Crippen LogP contribution in [0.4, 0.5) is 10.2 Å². The van der Waals surface area contributed by atoms with Gasteiger partial charge in [-0.05, 0) is 57.9 Å². The molecule has 6 nitrogen and oxygen atoms in total. The lowest BCUT2D eigenvalue weighted by Gasteiger charge is -2.18. The van der Waals surface area contributed by atoms with E-state index in [1.54, 1.807) is 24.3 Å². The highest BCUT2D eigenvalue weighted by molar-refractivity contribution is 9.10. The summed E-state index contributed by atoms with van der Waals surface area (Å²) < 4.78 is 15.9. The van der Waals surface area contributed by atoms with Gasteiger partial charge in [0.25, 0.3) is 0 Å². The topological polar surface area (TPSA) is 82.7 Å². The van der Waals surface area contributed by atoms with Crippen molar-refractivity contribution in [1.82, 2.24) is 14.4 Å². The van der Waals surface area contributed by atoms with Crippen molar-refractivity contribution in [3.63, 3.8) is 0 Å². The highest BCUT2D eigenvalue weighted by Gasteiger charge is 2.27. The summed E-state index contributed by atoms with van der Waals surface area (Å²) in [5.41, 5.74) is 3.17. The maximum Gasteiger partial charge on any atom is 0.138 e. The Kier molecular flexibility index (Phi) is 6.42. The minimum atomic E-state index is -1.24. The van der Waals surface area contributed by atoms with Gasteiger partial charge in [-0.2, -0.15) is 0 Å². The fourth-order valence-corrected chi connectivity index (χ4v) is 4.79. The van der Waals surface area contributed by atoms with E-state index in [1.165, 1.54) is 23.5 Å². The van der Waals surface area contributed by atoms with Gasteiger partial charge < -0.3 is 15.5 Å². The number of hydrogen-bond acceptors (Lipinski definition) is 6. The van der Waals surface area contributed by atoms with Crippen molar-refractivity contribution >= 4 is 38.7 Å². The van der Waals surface area contributed by atoms with E-state index >= 15 is 0 Å². The second kappa shape index (κ2) is 9.63. The van der Waals surface area contributed by atoms with Crippen molar-refractivity contribution in [2.45, 2.75) is 18.8 Å². The van der Waals surface area contributed by atoms with Gasteiger partial charge in [0.05, 0.1) is 12.2 Å². The molecule has 5 rings (SSSR count). The number of benzene rings is 2. The van der Waals surface area contributed by atoms with Gasteiger partial charge in [0, 0.05) is 21.6 Å². The van der Waals surface area contributed by atoms with Crippen LogP contribution in [0.25, 0.3) is 16.9 Å². The molecule has 0 fully saturated rings. The lowest BCUT2D eigenvalue weighted by molar-refractivity contribution is 0.0154. The monoisotopic (exact) mass is 538 g/mol. The molecule has 0 aliphatic heterocycles. The lowest BCUT2D eigenvalue weighted by Crippen LogP contribution is -2.13. The molecule has 2 unspecified atom stereocenters. The summed E-state index contributed by atoms with van der Waals surface area (Å²) in [5.74, 6) is 0.278. The van der Waals surface area contributed by atoms with Gasteiger partial charge in [0.15, 0.2) is 0 Å². The van der Waals surface area contributed by atoms with Crippen molar-refractivity contribution in [2.24, 2.45) is 0 Å². The molecule has 0 saturated carbocycles. The number of aromatic nitrogens is 3. The van der Waals surface area contributed by atoms with Crippen LogP contribution < -0.4 is 5.32 Å². The molecule has 0 radical (unpaired) electrons. The number of thiazole rings is 1. The SMILES string of the molecule is OC(c1ccccc1)C(O)c1nc2ccc(Br)cn2c1NCc1nc(-c2ccc(F)cc2)cs1. The van der Waals surface area contributed by atoms with E-state index in [2.05, 4.69) is 31.2 Å². The van der Waals surface area contributed by atoms with E-state index < -0.39 is 12.2 Å². The molecule has 2 atom stereocenters. The first-order valence-electron chi connectivity index (χ1n) is 10.5. The molecule has 0 aliphatic rings. The molecule has 5 aromatic rings. The largest absolute Gasteiger partial charge is 0.385 e. The van der Waals surface area contributed by atoms with Gasteiger partial charge in [-0.15, -0.1) is 11.3 Å². The number of aliphatic hydroxyl groups is 2. The Bertz CT molecular complexity index is 1420. The normalized spacial score (nSPS) is 13.2. The maximum atomic E-state index is 13.2. The molecule has 34 heavy (non-hydrogen) atoms. The van der Waals surface area contributed by atoms with Crippen molar-refractivity contribution < 1.29 is 14.6 Å². The van der Waals surface area contributed by atoms with E-state index in [-0.39, 0.29) is 5.82 Å². The smallest absolute Gasteiger partial charge is 0.138 e. The van der Waals surface area contributed by atoms with Gasteiger partial charge in [-0.3, -0.25) is 4.40 Å². The van der Waals surface area contributed by atoms with Crippen LogP contribution in [-0.4, -0.2) is 24.6 Å². The van der Waals surface area contributed by atoms with Gasteiger partial charge in [0.2, 0.25) is 0 Å². The minimum absolute atomic E-state index is 0.289. The lowest BCUT2D eigenvalue weighted by atomic mass is 10.0. The number of pyridine rings is 1. The minimum Gasteiger partial charge on any atom is -0.385 e. The quantitative estimate of drug-likeness (QED) is 0.246. The van der Waals surface area contributed by atoms with E-state index in [0.717, 1.165) is 20.7 Å². The van der Waals surface area contributed by atoms with Crippen LogP contribution in [0.2, 0.25) is 0 Å². The number of rotatable bonds is 7. The molecule has 2 aromatic carbocycles. The van der Waals surface area contributed by atoms with Crippen molar-refractivity contribution in [3.8, 4) is 11.3 Å². The second-order valence-corrected chi connectivity index (χ2v) is 9.57. The Hall–Kier alpha value is -3.11. The van der Waals surface area contributed by atoms with Crippen molar-refractivity contribution in [3.05, 3.63) is 105 Å². The van der Waals surface area contributed by atoms with Gasteiger partial charge >= 0.3 is 0 Å². The predicted octanol–water partition coefficient (Wildman–Crippen LogP) is 5.74. The molecular weight excluding hydrogens is 519 g/mol. The molecule has 0 saturated heterocycles. The highest BCUT2D eigenvalue weighted by atomic mass is 79.9. The summed E-state index contributed by atoms with van der Waals surface area (Å²) in [6, 6.07) is 18.9. The zero-order valence-electron chi connectivity index (χ0n) is 17.8. The first kappa shape index (κ1) is 22.7. The molecule has 0 spiro atoms. The van der Waals surface area contributed by atoms with Crippen LogP contribution in [0, 0.1) is 5.82 Å². The van der Waals surface area contributed by atoms with Crippen molar-refractivity contribution in [2.75, 3.05) is 5.32 Å². The van der Waals surface area contributed by atoms with Crippen LogP contribution in [0.3, 0.4) is 0 Å². The zero-order valence-corrected chi connectivity index (χ0v) is 20.2. The number of anilines is 1. The van der Waals surface area contributed by atoms with E-state index in [4.69, 9.17) is 0 Å². The number of imidazole rings is 1. The first-order chi connectivity index (χ1) is 16.5. The fraction of sp³-hybridized carbons (Fsp3) is 0.120. The number of fused-ring (bicyclic) bond motifs is 1. The Morgan fingerprint density at radius 1 is 0.971 bits per heavy atom. The summed E-state index contributed by atoms with van der Waals surface area (Å²) >= 11 is 4.96. The second-order valence-electron chi connectivity index (χ2n) is 7.71. The van der Waals surface area contributed by atoms with Crippen LogP contribution in [0.1, 0.15) is 28.5 Å². The highest BCUT2D eigenvalue weighted by Crippen LogP contribution is 2.34. The number of halogens is 2.